The number of thiazole rings is 1. The molecule has 5 heteroatoms. The standard InChI is InChI=1S/C16H19ClN2OS/c1-12-14(10-11-17)21-16(18-12)19-15(20)9-5-8-13-6-3-2-4-7-13/h2-4,6-7H,5,8-11H2,1H3,(H,18,19,20). The smallest absolute Gasteiger partial charge is 0.226 e. The number of carbonyl (C=O) groups is 1. The average Bonchev–Trinajstić information content (AvgIpc) is 2.80. The highest BCUT2D eigenvalue weighted by molar-refractivity contribution is 7.15. The van der Waals surface area contributed by atoms with Gasteiger partial charge in [0.25, 0.3) is 0 Å². The van der Waals surface area contributed by atoms with Crippen LogP contribution in [0.4, 0.5) is 5.13 Å². The molecule has 1 N–H and O–H groups in total. The van der Waals surface area contributed by atoms with Crippen molar-refractivity contribution in [3.63, 3.8) is 0 Å². The van der Waals surface area contributed by atoms with Crippen LogP contribution >= 0.6 is 22.9 Å². The van der Waals surface area contributed by atoms with Crippen molar-refractivity contribution in [3.8, 4) is 0 Å². The summed E-state index contributed by atoms with van der Waals surface area (Å²) >= 11 is 7.26. The van der Waals surface area contributed by atoms with Crippen molar-refractivity contribution < 1.29 is 4.79 Å². The van der Waals surface area contributed by atoms with E-state index in [1.165, 1.54) is 16.9 Å². The summed E-state index contributed by atoms with van der Waals surface area (Å²) in [6.07, 6.45) is 3.07. The van der Waals surface area contributed by atoms with Gasteiger partial charge in [0.15, 0.2) is 5.13 Å². The molecule has 0 fully saturated rings. The maximum Gasteiger partial charge on any atom is 0.226 e. The average molecular weight is 323 g/mol. The highest BCUT2D eigenvalue weighted by Crippen LogP contribution is 2.23. The van der Waals surface area contributed by atoms with Crippen LogP contribution in [-0.4, -0.2) is 16.8 Å². The fourth-order valence-electron chi connectivity index (χ4n) is 2.08. The lowest BCUT2D eigenvalue weighted by molar-refractivity contribution is -0.116. The monoisotopic (exact) mass is 322 g/mol. The summed E-state index contributed by atoms with van der Waals surface area (Å²) in [4.78, 5) is 17.4. The first-order valence-corrected chi connectivity index (χ1v) is 8.40. The lowest BCUT2D eigenvalue weighted by Crippen LogP contribution is -2.11. The number of hydrogen-bond donors (Lipinski definition) is 1. The predicted molar refractivity (Wildman–Crippen MR) is 89.3 cm³/mol. The zero-order chi connectivity index (χ0) is 15.1. The number of alkyl halides is 1. The number of nitrogens with zero attached hydrogens (tertiary/aromatic N) is 1. The van der Waals surface area contributed by atoms with E-state index >= 15 is 0 Å². The van der Waals surface area contributed by atoms with E-state index in [2.05, 4.69) is 22.4 Å². The molecule has 0 aliphatic rings. The molecule has 0 aliphatic carbocycles. The van der Waals surface area contributed by atoms with Crippen LogP contribution in [0.1, 0.15) is 29.0 Å². The van der Waals surface area contributed by atoms with Gasteiger partial charge < -0.3 is 5.32 Å². The highest BCUT2D eigenvalue weighted by atomic mass is 35.5. The number of nitrogens with one attached hydrogen (secondary N) is 1. The molecule has 1 aromatic carbocycles. The molecule has 3 nitrogen and oxygen atoms in total. The molecule has 0 unspecified atom stereocenters. The summed E-state index contributed by atoms with van der Waals surface area (Å²) in [6.45, 7) is 1.95. The zero-order valence-corrected chi connectivity index (χ0v) is 13.6. The van der Waals surface area contributed by atoms with Crippen LogP contribution in [0.3, 0.4) is 0 Å². The van der Waals surface area contributed by atoms with Crippen molar-refractivity contribution in [2.75, 3.05) is 11.2 Å². The van der Waals surface area contributed by atoms with Gasteiger partial charge in [0.2, 0.25) is 5.91 Å². The van der Waals surface area contributed by atoms with Crippen LogP contribution in [0.5, 0.6) is 0 Å². The molecule has 1 heterocycles. The molecule has 0 radical (unpaired) electrons. The van der Waals surface area contributed by atoms with Crippen LogP contribution in [0.2, 0.25) is 0 Å². The molecule has 0 saturated carbocycles. The van der Waals surface area contributed by atoms with E-state index in [9.17, 15) is 4.79 Å². The van der Waals surface area contributed by atoms with Crippen LogP contribution in [0.15, 0.2) is 30.3 Å². The van der Waals surface area contributed by atoms with Gasteiger partial charge in [-0.25, -0.2) is 4.98 Å². The van der Waals surface area contributed by atoms with Gasteiger partial charge in [-0.3, -0.25) is 4.79 Å². The molecule has 1 aromatic heterocycles. The Morgan fingerprint density at radius 1 is 1.29 bits per heavy atom. The van der Waals surface area contributed by atoms with Crippen molar-refractivity contribution in [1.82, 2.24) is 4.98 Å². The minimum Gasteiger partial charge on any atom is -0.302 e. The van der Waals surface area contributed by atoms with E-state index < -0.39 is 0 Å². The molecule has 2 aromatic rings. The maximum atomic E-state index is 11.9. The number of halogens is 1. The molecular formula is C16H19ClN2OS. The van der Waals surface area contributed by atoms with Crippen molar-refractivity contribution >= 4 is 34.0 Å². The summed E-state index contributed by atoms with van der Waals surface area (Å²) in [5.74, 6) is 0.602. The lowest BCUT2D eigenvalue weighted by Gasteiger charge is -2.02. The number of aromatic nitrogens is 1. The van der Waals surface area contributed by atoms with E-state index in [1.54, 1.807) is 0 Å². The van der Waals surface area contributed by atoms with Crippen molar-refractivity contribution in [3.05, 3.63) is 46.5 Å². The van der Waals surface area contributed by atoms with E-state index in [-0.39, 0.29) is 5.91 Å². The van der Waals surface area contributed by atoms with Crippen molar-refractivity contribution in [2.45, 2.75) is 32.6 Å². The van der Waals surface area contributed by atoms with E-state index in [0.29, 0.717) is 17.4 Å². The third-order valence-corrected chi connectivity index (χ3v) is 4.49. The Bertz CT molecular complexity index is 583. The van der Waals surface area contributed by atoms with Gasteiger partial charge in [-0.15, -0.1) is 22.9 Å². The van der Waals surface area contributed by atoms with E-state index in [4.69, 9.17) is 11.6 Å². The third-order valence-electron chi connectivity index (χ3n) is 3.17. The summed E-state index contributed by atoms with van der Waals surface area (Å²) < 4.78 is 0. The molecule has 21 heavy (non-hydrogen) atoms. The number of amides is 1. The van der Waals surface area contributed by atoms with Gasteiger partial charge in [-0.05, 0) is 31.7 Å². The quantitative estimate of drug-likeness (QED) is 0.776. The van der Waals surface area contributed by atoms with E-state index in [0.717, 1.165) is 29.8 Å². The highest BCUT2D eigenvalue weighted by Gasteiger charge is 2.10. The van der Waals surface area contributed by atoms with Gasteiger partial charge in [-0.1, -0.05) is 30.3 Å². The molecule has 1 amide bonds. The number of hydrogen-bond acceptors (Lipinski definition) is 3. The minimum atomic E-state index is 0.0251. The number of benzene rings is 1. The lowest BCUT2D eigenvalue weighted by atomic mass is 10.1. The van der Waals surface area contributed by atoms with E-state index in [1.807, 2.05) is 25.1 Å². The predicted octanol–water partition coefficient (Wildman–Crippen LogP) is 4.19. The normalized spacial score (nSPS) is 10.6. The second-order valence-corrected chi connectivity index (χ2v) is 6.32. The van der Waals surface area contributed by atoms with Gasteiger partial charge >= 0.3 is 0 Å². The molecular weight excluding hydrogens is 304 g/mol. The van der Waals surface area contributed by atoms with Gasteiger partial charge in [0.1, 0.15) is 0 Å². The topological polar surface area (TPSA) is 42.0 Å². The summed E-state index contributed by atoms with van der Waals surface area (Å²) in [6, 6.07) is 10.2. The van der Waals surface area contributed by atoms with Crippen molar-refractivity contribution in [1.29, 1.82) is 0 Å². The largest absolute Gasteiger partial charge is 0.302 e. The second-order valence-electron chi connectivity index (χ2n) is 4.85. The van der Waals surface area contributed by atoms with Gasteiger partial charge in [0.05, 0.1) is 5.69 Å². The third kappa shape index (κ3) is 5.14. The van der Waals surface area contributed by atoms with Crippen molar-refractivity contribution in [2.24, 2.45) is 0 Å². The molecule has 0 spiro atoms. The molecule has 2 rings (SSSR count). The summed E-state index contributed by atoms with van der Waals surface area (Å²) in [5, 5.41) is 3.55. The van der Waals surface area contributed by atoms with Gasteiger partial charge in [0, 0.05) is 17.2 Å². The minimum absolute atomic E-state index is 0.0251. The number of anilines is 1. The zero-order valence-electron chi connectivity index (χ0n) is 12.1. The van der Waals surface area contributed by atoms with Crippen LogP contribution in [0.25, 0.3) is 0 Å². The maximum absolute atomic E-state index is 11.9. The Balaban J connectivity index is 1.78. The molecule has 0 atom stereocenters. The molecule has 112 valence electrons. The molecule has 0 saturated heterocycles. The number of carbonyl (C=O) groups excluding carboxylic acids is 1. The number of aryl methyl sites for hydroxylation is 3. The van der Waals surface area contributed by atoms with Crippen LogP contribution in [-0.2, 0) is 17.6 Å². The summed E-state index contributed by atoms with van der Waals surface area (Å²) in [7, 11) is 0. The fourth-order valence-corrected chi connectivity index (χ4v) is 3.36. The summed E-state index contributed by atoms with van der Waals surface area (Å²) in [5.41, 5.74) is 2.22. The Kier molecular flexibility index (Phi) is 6.21. The SMILES string of the molecule is Cc1nc(NC(=O)CCCc2ccccc2)sc1CCCl. The van der Waals surface area contributed by atoms with Crippen LogP contribution in [0, 0.1) is 6.92 Å². The Labute approximate surface area is 134 Å². The first kappa shape index (κ1) is 16.0. The second kappa shape index (κ2) is 8.15. The first-order chi connectivity index (χ1) is 10.2. The molecule has 0 aliphatic heterocycles. The number of rotatable bonds is 7. The Hall–Kier alpha value is -1.39. The fraction of sp³-hybridized carbons (Fsp3) is 0.375. The Morgan fingerprint density at radius 2 is 2.05 bits per heavy atom. The first-order valence-electron chi connectivity index (χ1n) is 7.05. The molecule has 0 bridgehead atoms. The van der Waals surface area contributed by atoms with Crippen LogP contribution < -0.4 is 5.32 Å². The Morgan fingerprint density at radius 3 is 2.76 bits per heavy atom. The van der Waals surface area contributed by atoms with Gasteiger partial charge in [-0.2, -0.15) is 0 Å².